The summed E-state index contributed by atoms with van der Waals surface area (Å²) in [6, 6.07) is 0. The Morgan fingerprint density at radius 1 is 1.28 bits per heavy atom. The third-order valence-electron chi connectivity index (χ3n) is 4.19. The number of rotatable bonds is 7. The zero-order chi connectivity index (χ0) is 18.4. The monoisotopic (exact) mass is 346 g/mol. The van der Waals surface area contributed by atoms with E-state index in [-0.39, 0.29) is 5.97 Å². The fraction of sp³-hybridized carbons (Fsp3) is 0.500. The van der Waals surface area contributed by atoms with Gasteiger partial charge >= 0.3 is 11.9 Å². The number of allylic oxidation sites excluding steroid dienone is 4. The number of carbonyl (C=O) groups excluding carboxylic acids is 2. The number of aliphatic hydroxyl groups is 1. The van der Waals surface area contributed by atoms with Crippen LogP contribution in [0.25, 0.3) is 0 Å². The van der Waals surface area contributed by atoms with Crippen LogP contribution in [0.3, 0.4) is 0 Å². The third-order valence-corrected chi connectivity index (χ3v) is 4.19. The summed E-state index contributed by atoms with van der Waals surface area (Å²) in [5.74, 6) is -0.690. The molecule has 0 aromatic rings. The van der Waals surface area contributed by atoms with Crippen molar-refractivity contribution < 1.29 is 24.2 Å². The molecule has 1 fully saturated rings. The summed E-state index contributed by atoms with van der Waals surface area (Å²) in [4.78, 5) is 22.8. The average Bonchev–Trinajstić information content (AvgIpc) is 3.05. The van der Waals surface area contributed by atoms with E-state index in [0.717, 1.165) is 30.4 Å². The predicted octanol–water partition coefficient (Wildman–Crippen LogP) is 3.16. The number of carbonyl (C=O) groups is 2. The fourth-order valence-electron chi connectivity index (χ4n) is 2.83. The van der Waals surface area contributed by atoms with Crippen molar-refractivity contribution in [3.8, 4) is 0 Å². The summed E-state index contributed by atoms with van der Waals surface area (Å²) < 4.78 is 10.1. The highest BCUT2D eigenvalue weighted by Crippen LogP contribution is 2.24. The van der Waals surface area contributed by atoms with Crippen LogP contribution in [0, 0.1) is 0 Å². The van der Waals surface area contributed by atoms with E-state index < -0.39 is 18.2 Å². The molecule has 1 N–H and O–H groups in total. The number of aliphatic hydroxyl groups excluding tert-OH is 1. The van der Waals surface area contributed by atoms with Crippen LogP contribution in [0.1, 0.15) is 46.5 Å². The van der Waals surface area contributed by atoms with E-state index in [1.807, 2.05) is 20.8 Å². The molecule has 0 bridgehead atoms. The van der Waals surface area contributed by atoms with Gasteiger partial charge in [-0.3, -0.25) is 0 Å². The van der Waals surface area contributed by atoms with Gasteiger partial charge in [0.1, 0.15) is 12.7 Å². The van der Waals surface area contributed by atoms with Gasteiger partial charge in [-0.1, -0.05) is 23.3 Å². The van der Waals surface area contributed by atoms with Gasteiger partial charge in [0.15, 0.2) is 6.10 Å². The highest BCUT2D eigenvalue weighted by molar-refractivity contribution is 5.92. The topological polar surface area (TPSA) is 72.8 Å². The number of hydrogen-bond acceptors (Lipinski definition) is 5. The Kier molecular flexibility index (Phi) is 6.76. The van der Waals surface area contributed by atoms with Crippen molar-refractivity contribution in [2.24, 2.45) is 0 Å². The van der Waals surface area contributed by atoms with Gasteiger partial charge in [0.25, 0.3) is 0 Å². The first-order valence-electron chi connectivity index (χ1n) is 8.62. The van der Waals surface area contributed by atoms with Crippen molar-refractivity contribution in [1.29, 1.82) is 0 Å². The van der Waals surface area contributed by atoms with E-state index in [0.29, 0.717) is 18.6 Å². The predicted molar refractivity (Wildman–Crippen MR) is 94.7 cm³/mol. The van der Waals surface area contributed by atoms with E-state index in [1.165, 1.54) is 5.57 Å². The van der Waals surface area contributed by atoms with Crippen molar-refractivity contribution in [3.05, 3.63) is 46.6 Å². The minimum Gasteiger partial charge on any atom is -0.458 e. The first kappa shape index (κ1) is 19.2. The van der Waals surface area contributed by atoms with Crippen LogP contribution in [-0.4, -0.2) is 35.9 Å². The molecule has 0 unspecified atom stereocenters. The molecular weight excluding hydrogens is 320 g/mol. The second-order valence-electron chi connectivity index (χ2n) is 6.76. The molecule has 0 aromatic carbocycles. The molecule has 136 valence electrons. The van der Waals surface area contributed by atoms with Gasteiger partial charge in [-0.15, -0.1) is 0 Å². The maximum Gasteiger partial charge on any atom is 0.337 e. The Morgan fingerprint density at radius 2 is 2.04 bits per heavy atom. The van der Waals surface area contributed by atoms with Gasteiger partial charge in [0.05, 0.1) is 5.57 Å². The first-order chi connectivity index (χ1) is 11.9. The molecule has 1 saturated heterocycles. The van der Waals surface area contributed by atoms with E-state index in [9.17, 15) is 14.7 Å². The molecular formula is C20H26O5. The Bertz CT molecular complexity index is 647. The Morgan fingerprint density at radius 3 is 2.68 bits per heavy atom. The molecule has 2 aliphatic rings. The molecule has 0 aromatic heterocycles. The zero-order valence-electron chi connectivity index (χ0n) is 15.1. The lowest BCUT2D eigenvalue weighted by Gasteiger charge is -2.08. The lowest BCUT2D eigenvalue weighted by Crippen LogP contribution is -2.19. The lowest BCUT2D eigenvalue weighted by molar-refractivity contribution is -0.138. The SMILES string of the molecule is CC(C)=C[C@@H]1OC(=O)/C(=C/CC/C(C)=C\CCC2=CC(=O)OC2)[C@@H]1O. The summed E-state index contributed by atoms with van der Waals surface area (Å²) >= 11 is 0. The third kappa shape index (κ3) is 5.71. The van der Waals surface area contributed by atoms with Crippen LogP contribution in [-0.2, 0) is 19.1 Å². The van der Waals surface area contributed by atoms with Crippen LogP contribution < -0.4 is 0 Å². The first-order valence-corrected chi connectivity index (χ1v) is 8.62. The van der Waals surface area contributed by atoms with Crippen molar-refractivity contribution in [2.45, 2.75) is 58.7 Å². The molecule has 0 radical (unpaired) electrons. The molecule has 5 heteroatoms. The minimum absolute atomic E-state index is 0.254. The molecule has 0 saturated carbocycles. The summed E-state index contributed by atoms with van der Waals surface area (Å²) in [7, 11) is 0. The molecule has 2 heterocycles. The van der Waals surface area contributed by atoms with Gasteiger partial charge in [0, 0.05) is 6.08 Å². The smallest absolute Gasteiger partial charge is 0.337 e. The van der Waals surface area contributed by atoms with Gasteiger partial charge in [-0.2, -0.15) is 0 Å². The lowest BCUT2D eigenvalue weighted by atomic mass is 10.0. The molecule has 2 rings (SSSR count). The molecule has 2 aliphatic heterocycles. The molecule has 0 spiro atoms. The molecule has 0 aliphatic carbocycles. The van der Waals surface area contributed by atoms with Gasteiger partial charge in [-0.25, -0.2) is 9.59 Å². The van der Waals surface area contributed by atoms with Crippen molar-refractivity contribution in [3.63, 3.8) is 0 Å². The number of hydrogen-bond donors (Lipinski definition) is 1. The molecule has 5 nitrogen and oxygen atoms in total. The summed E-state index contributed by atoms with van der Waals surface area (Å²) in [6.07, 6.45) is 8.93. The average molecular weight is 346 g/mol. The van der Waals surface area contributed by atoms with E-state index >= 15 is 0 Å². The number of cyclic esters (lactones) is 2. The second-order valence-corrected chi connectivity index (χ2v) is 6.76. The maximum atomic E-state index is 11.9. The number of ether oxygens (including phenoxy) is 2. The van der Waals surface area contributed by atoms with Crippen molar-refractivity contribution >= 4 is 11.9 Å². The maximum absolute atomic E-state index is 11.9. The van der Waals surface area contributed by atoms with Gasteiger partial charge in [-0.05, 0) is 58.1 Å². The molecule has 2 atom stereocenters. The van der Waals surface area contributed by atoms with Crippen LogP contribution in [0.5, 0.6) is 0 Å². The largest absolute Gasteiger partial charge is 0.458 e. The van der Waals surface area contributed by atoms with Crippen LogP contribution in [0.15, 0.2) is 46.6 Å². The highest BCUT2D eigenvalue weighted by atomic mass is 16.6. The quantitative estimate of drug-likeness (QED) is 0.435. The van der Waals surface area contributed by atoms with E-state index in [1.54, 1.807) is 18.2 Å². The summed E-state index contributed by atoms with van der Waals surface area (Å²) in [6.45, 7) is 6.25. The van der Waals surface area contributed by atoms with Crippen LogP contribution >= 0.6 is 0 Å². The Labute approximate surface area is 148 Å². The molecule has 25 heavy (non-hydrogen) atoms. The van der Waals surface area contributed by atoms with Gasteiger partial charge < -0.3 is 14.6 Å². The summed E-state index contributed by atoms with van der Waals surface area (Å²) in [5, 5.41) is 10.2. The zero-order valence-corrected chi connectivity index (χ0v) is 15.1. The van der Waals surface area contributed by atoms with E-state index in [4.69, 9.17) is 9.47 Å². The van der Waals surface area contributed by atoms with E-state index in [2.05, 4.69) is 6.08 Å². The normalized spacial score (nSPS) is 25.0. The van der Waals surface area contributed by atoms with Crippen molar-refractivity contribution in [2.75, 3.05) is 6.61 Å². The fourth-order valence-corrected chi connectivity index (χ4v) is 2.83. The van der Waals surface area contributed by atoms with Crippen molar-refractivity contribution in [1.82, 2.24) is 0 Å². The Balaban J connectivity index is 1.80. The standard InChI is InChI=1S/C20H26O5/c1-13(2)10-17-19(22)16(20(23)25-17)9-5-7-14(3)6-4-8-15-11-18(21)24-12-15/h6,9-11,17,19,22H,4-5,7-8,12H2,1-3H3/b14-6-,16-9+/t17-,19-/m0/s1. The van der Waals surface area contributed by atoms with Crippen LogP contribution in [0.4, 0.5) is 0 Å². The van der Waals surface area contributed by atoms with Gasteiger partial charge in [0.2, 0.25) is 0 Å². The highest BCUT2D eigenvalue weighted by Gasteiger charge is 2.36. The van der Waals surface area contributed by atoms with Crippen LogP contribution in [0.2, 0.25) is 0 Å². The summed E-state index contributed by atoms with van der Waals surface area (Å²) in [5.41, 5.74) is 3.59. The molecule has 0 amide bonds. The number of esters is 2. The second kappa shape index (κ2) is 8.81. The minimum atomic E-state index is -0.890. The Hall–Kier alpha value is -2.14.